The highest BCUT2D eigenvalue weighted by Gasteiger charge is 2.24. The average molecular weight is 537 g/mol. The first kappa shape index (κ1) is 24.7. The van der Waals surface area contributed by atoms with Crippen molar-refractivity contribution in [3.05, 3.63) is 58.1 Å². The summed E-state index contributed by atoms with van der Waals surface area (Å²) < 4.78 is 27.2. The van der Waals surface area contributed by atoms with Crippen LogP contribution in [0, 0.1) is 11.3 Å². The summed E-state index contributed by atoms with van der Waals surface area (Å²) in [6.07, 6.45) is 0. The van der Waals surface area contributed by atoms with Crippen molar-refractivity contribution in [3.63, 3.8) is 0 Å². The summed E-state index contributed by atoms with van der Waals surface area (Å²) >= 11 is 3.80. The molecular formula is C28H29BrN2O4. The average Bonchev–Trinajstić information content (AvgIpc) is 3.16. The van der Waals surface area contributed by atoms with E-state index in [4.69, 9.17) is 18.9 Å². The minimum Gasteiger partial charge on any atom is -0.490 e. The maximum absolute atomic E-state index is 9.21. The van der Waals surface area contributed by atoms with Gasteiger partial charge in [-0.15, -0.1) is 0 Å². The first-order chi connectivity index (χ1) is 17.1. The van der Waals surface area contributed by atoms with Crippen molar-refractivity contribution in [2.75, 3.05) is 26.4 Å². The number of ether oxygens (including phenoxy) is 4. The highest BCUT2D eigenvalue weighted by atomic mass is 79.9. The third-order valence-electron chi connectivity index (χ3n) is 5.68. The van der Waals surface area contributed by atoms with Crippen LogP contribution in [0.25, 0.3) is 21.8 Å². The molecule has 0 aliphatic carbocycles. The fourth-order valence-corrected chi connectivity index (χ4v) is 4.93. The lowest BCUT2D eigenvalue weighted by Gasteiger charge is -2.16. The van der Waals surface area contributed by atoms with Crippen molar-refractivity contribution < 1.29 is 18.9 Å². The van der Waals surface area contributed by atoms with E-state index in [2.05, 4.69) is 26.6 Å². The van der Waals surface area contributed by atoms with E-state index in [1.807, 2.05) is 70.2 Å². The Labute approximate surface area is 214 Å². The number of hydrogen-bond donors (Lipinski definition) is 0. The van der Waals surface area contributed by atoms with Gasteiger partial charge in [-0.2, -0.15) is 5.26 Å². The molecule has 4 rings (SSSR count). The summed E-state index contributed by atoms with van der Waals surface area (Å²) in [5.41, 5.74) is 3.62. The van der Waals surface area contributed by atoms with Crippen LogP contribution in [0.15, 0.2) is 46.9 Å². The molecule has 182 valence electrons. The molecule has 0 saturated heterocycles. The van der Waals surface area contributed by atoms with Crippen LogP contribution >= 0.6 is 15.9 Å². The number of rotatable bonds is 10. The first-order valence-electron chi connectivity index (χ1n) is 11.9. The molecular weight excluding hydrogens is 508 g/mol. The highest BCUT2D eigenvalue weighted by molar-refractivity contribution is 9.10. The zero-order chi connectivity index (χ0) is 24.9. The lowest BCUT2D eigenvalue weighted by atomic mass is 10.1. The fraction of sp³-hybridized carbons (Fsp3) is 0.321. The number of benzene rings is 3. The Bertz CT molecular complexity index is 1390. The molecule has 0 aliphatic rings. The normalized spacial score (nSPS) is 11.0. The highest BCUT2D eigenvalue weighted by Crippen LogP contribution is 2.47. The van der Waals surface area contributed by atoms with Crippen LogP contribution < -0.4 is 18.9 Å². The summed E-state index contributed by atoms with van der Waals surface area (Å²) in [4.78, 5) is 0. The van der Waals surface area contributed by atoms with E-state index < -0.39 is 0 Å². The van der Waals surface area contributed by atoms with E-state index in [9.17, 15) is 5.26 Å². The van der Waals surface area contributed by atoms with Gasteiger partial charge in [0, 0.05) is 27.9 Å². The van der Waals surface area contributed by atoms with E-state index in [-0.39, 0.29) is 0 Å². The lowest BCUT2D eigenvalue weighted by Crippen LogP contribution is -2.05. The van der Waals surface area contributed by atoms with Crippen molar-refractivity contribution in [1.82, 2.24) is 4.57 Å². The Morgan fingerprint density at radius 2 is 1.40 bits per heavy atom. The summed E-state index contributed by atoms with van der Waals surface area (Å²) in [6, 6.07) is 15.9. The van der Waals surface area contributed by atoms with Gasteiger partial charge in [-0.1, -0.05) is 12.1 Å². The van der Waals surface area contributed by atoms with Crippen LogP contribution in [0.5, 0.6) is 23.0 Å². The molecule has 0 aliphatic heterocycles. The predicted molar refractivity (Wildman–Crippen MR) is 142 cm³/mol. The number of aromatic nitrogens is 1. The zero-order valence-corrected chi connectivity index (χ0v) is 22.1. The van der Waals surface area contributed by atoms with Crippen LogP contribution in [-0.4, -0.2) is 31.0 Å². The molecule has 0 saturated carbocycles. The van der Waals surface area contributed by atoms with Crippen molar-refractivity contribution in [2.45, 2.75) is 34.2 Å². The van der Waals surface area contributed by atoms with Crippen LogP contribution in [0.2, 0.25) is 0 Å². The molecule has 0 unspecified atom stereocenters. The summed E-state index contributed by atoms with van der Waals surface area (Å²) in [6.45, 7) is 10.5. The Balaban J connectivity index is 2.09. The number of nitriles is 1. The predicted octanol–water partition coefficient (Wildman–Crippen LogP) is 7.07. The molecule has 3 aromatic carbocycles. The third-order valence-corrected chi connectivity index (χ3v) is 6.30. The van der Waals surface area contributed by atoms with E-state index in [0.717, 1.165) is 31.8 Å². The van der Waals surface area contributed by atoms with E-state index in [1.54, 1.807) is 0 Å². The van der Waals surface area contributed by atoms with Gasteiger partial charge in [-0.05, 0) is 73.5 Å². The number of fused-ring (bicyclic) bond motifs is 3. The Morgan fingerprint density at radius 3 is 2.00 bits per heavy atom. The van der Waals surface area contributed by atoms with Gasteiger partial charge >= 0.3 is 0 Å². The van der Waals surface area contributed by atoms with Crippen LogP contribution in [-0.2, 0) is 6.54 Å². The smallest absolute Gasteiger partial charge is 0.185 e. The minimum absolute atomic E-state index is 0.504. The van der Waals surface area contributed by atoms with Gasteiger partial charge in [-0.3, -0.25) is 0 Å². The molecule has 6 nitrogen and oxygen atoms in total. The van der Waals surface area contributed by atoms with Gasteiger partial charge in [-0.25, -0.2) is 0 Å². The Morgan fingerprint density at radius 1 is 0.800 bits per heavy atom. The van der Waals surface area contributed by atoms with E-state index >= 15 is 0 Å². The molecule has 0 bridgehead atoms. The summed E-state index contributed by atoms with van der Waals surface area (Å²) in [5, 5.41) is 11.3. The number of halogens is 1. The second-order valence-corrected chi connectivity index (χ2v) is 8.71. The van der Waals surface area contributed by atoms with E-state index in [1.165, 1.54) is 0 Å². The molecule has 7 heteroatoms. The van der Waals surface area contributed by atoms with Gasteiger partial charge in [0.1, 0.15) is 0 Å². The maximum Gasteiger partial charge on any atom is 0.185 e. The second-order valence-electron chi connectivity index (χ2n) is 7.85. The standard InChI is InChI=1S/C28H29BrN2O4/c1-5-32-23-13-20-22(15-24(23)33-6-2)31(17-19-11-9-18(16-30)10-12-19)27-26(20)21(29)14-25(34-7-3)28(27)35-8-4/h9-15H,5-8,17H2,1-4H3. The molecule has 4 aromatic rings. The largest absolute Gasteiger partial charge is 0.490 e. The van der Waals surface area contributed by atoms with Crippen molar-refractivity contribution >= 4 is 37.7 Å². The summed E-state index contributed by atoms with van der Waals surface area (Å²) in [7, 11) is 0. The number of nitrogens with zero attached hydrogens (tertiary/aromatic N) is 2. The molecule has 0 atom stereocenters. The van der Waals surface area contributed by atoms with E-state index in [0.29, 0.717) is 61.5 Å². The lowest BCUT2D eigenvalue weighted by molar-refractivity contribution is 0.288. The molecule has 1 heterocycles. The zero-order valence-electron chi connectivity index (χ0n) is 20.5. The maximum atomic E-state index is 9.21. The Hall–Kier alpha value is -3.37. The van der Waals surface area contributed by atoms with Crippen LogP contribution in [0.1, 0.15) is 38.8 Å². The van der Waals surface area contributed by atoms with Crippen molar-refractivity contribution in [3.8, 4) is 29.1 Å². The van der Waals surface area contributed by atoms with Gasteiger partial charge in [0.05, 0.1) is 49.1 Å². The van der Waals surface area contributed by atoms with Crippen LogP contribution in [0.3, 0.4) is 0 Å². The van der Waals surface area contributed by atoms with Crippen molar-refractivity contribution in [1.29, 1.82) is 5.26 Å². The topological polar surface area (TPSA) is 65.6 Å². The molecule has 35 heavy (non-hydrogen) atoms. The number of hydrogen-bond acceptors (Lipinski definition) is 5. The first-order valence-corrected chi connectivity index (χ1v) is 12.7. The van der Waals surface area contributed by atoms with Gasteiger partial charge in [0.25, 0.3) is 0 Å². The molecule has 0 spiro atoms. The second kappa shape index (κ2) is 10.9. The monoisotopic (exact) mass is 536 g/mol. The Kier molecular flexibility index (Phi) is 7.72. The molecule has 0 N–H and O–H groups in total. The van der Waals surface area contributed by atoms with Gasteiger partial charge < -0.3 is 23.5 Å². The fourth-order valence-electron chi connectivity index (χ4n) is 4.32. The molecule has 0 amide bonds. The molecule has 0 fully saturated rings. The van der Waals surface area contributed by atoms with Crippen LogP contribution in [0.4, 0.5) is 0 Å². The SMILES string of the molecule is CCOc1cc2c3c(Br)cc(OCC)c(OCC)c3n(Cc3ccc(C#N)cc3)c2cc1OCC. The van der Waals surface area contributed by atoms with Crippen molar-refractivity contribution in [2.24, 2.45) is 0 Å². The quantitative estimate of drug-likeness (QED) is 0.217. The molecule has 1 aromatic heterocycles. The van der Waals surface area contributed by atoms with Gasteiger partial charge in [0.15, 0.2) is 23.0 Å². The summed E-state index contributed by atoms with van der Waals surface area (Å²) in [5.74, 6) is 2.80. The minimum atomic E-state index is 0.504. The third kappa shape index (κ3) is 4.76. The van der Waals surface area contributed by atoms with Gasteiger partial charge in [0.2, 0.25) is 0 Å². The molecule has 0 radical (unpaired) electrons.